The lowest BCUT2D eigenvalue weighted by Crippen LogP contribution is -2.26. The van der Waals surface area contributed by atoms with Crippen molar-refractivity contribution in [2.75, 3.05) is 7.11 Å². The summed E-state index contributed by atoms with van der Waals surface area (Å²) in [6.07, 6.45) is 0.111. The van der Waals surface area contributed by atoms with E-state index in [-0.39, 0.29) is 23.7 Å². The fourth-order valence-electron chi connectivity index (χ4n) is 2.61. The van der Waals surface area contributed by atoms with Crippen LogP contribution < -0.4 is 15.5 Å². The summed E-state index contributed by atoms with van der Waals surface area (Å²) in [4.78, 5) is 24.3. The van der Waals surface area contributed by atoms with E-state index in [2.05, 4.69) is 36.6 Å². The SMILES string of the molecule is COc1ccc(CNC(=O)C/C(C)=N/NC(=O)c2ccc(C(C)(C)C)cc2)cc1. The van der Waals surface area contributed by atoms with Crippen LogP contribution in [0, 0.1) is 0 Å². The first kappa shape index (κ1) is 22.1. The van der Waals surface area contributed by atoms with Gasteiger partial charge in [-0.05, 0) is 47.7 Å². The summed E-state index contributed by atoms with van der Waals surface area (Å²) in [5.74, 6) is 0.307. The van der Waals surface area contributed by atoms with Gasteiger partial charge in [-0.2, -0.15) is 5.10 Å². The van der Waals surface area contributed by atoms with Crippen LogP contribution >= 0.6 is 0 Å². The van der Waals surface area contributed by atoms with E-state index < -0.39 is 0 Å². The lowest BCUT2D eigenvalue weighted by atomic mass is 9.87. The Labute approximate surface area is 172 Å². The Hall–Kier alpha value is -3.15. The topological polar surface area (TPSA) is 79.8 Å². The number of carbonyl (C=O) groups is 2. The Bertz CT molecular complexity index is 864. The maximum atomic E-state index is 12.2. The fraction of sp³-hybridized carbons (Fsp3) is 0.348. The second-order valence-electron chi connectivity index (χ2n) is 7.92. The van der Waals surface area contributed by atoms with E-state index in [9.17, 15) is 9.59 Å². The van der Waals surface area contributed by atoms with Gasteiger partial charge in [-0.15, -0.1) is 0 Å². The largest absolute Gasteiger partial charge is 0.497 e. The lowest BCUT2D eigenvalue weighted by molar-refractivity contribution is -0.120. The molecule has 0 unspecified atom stereocenters. The molecule has 0 saturated heterocycles. The summed E-state index contributed by atoms with van der Waals surface area (Å²) in [5.41, 5.74) is 5.71. The molecule has 154 valence electrons. The molecule has 2 aromatic rings. The maximum Gasteiger partial charge on any atom is 0.271 e. The minimum Gasteiger partial charge on any atom is -0.497 e. The molecule has 0 aliphatic rings. The summed E-state index contributed by atoms with van der Waals surface area (Å²) < 4.78 is 5.11. The standard InChI is InChI=1S/C23H29N3O3/c1-16(14-21(27)24-15-17-6-12-20(29-5)13-7-17)25-26-22(28)18-8-10-19(11-9-18)23(2,3)4/h6-13H,14-15H2,1-5H3,(H,24,27)(H,26,28)/b25-16+. The molecule has 0 aliphatic carbocycles. The molecule has 0 aromatic heterocycles. The summed E-state index contributed by atoms with van der Waals surface area (Å²) >= 11 is 0. The summed E-state index contributed by atoms with van der Waals surface area (Å²) in [5, 5.41) is 6.86. The molecule has 29 heavy (non-hydrogen) atoms. The van der Waals surface area contributed by atoms with Gasteiger partial charge in [0.1, 0.15) is 5.75 Å². The van der Waals surface area contributed by atoms with Gasteiger partial charge >= 0.3 is 0 Å². The number of nitrogens with zero attached hydrogens (tertiary/aromatic N) is 1. The second kappa shape index (κ2) is 9.87. The van der Waals surface area contributed by atoms with Crippen molar-refractivity contribution in [3.63, 3.8) is 0 Å². The Kier molecular flexibility index (Phi) is 7.53. The average Bonchev–Trinajstić information content (AvgIpc) is 2.70. The number of carbonyl (C=O) groups excluding carboxylic acids is 2. The molecule has 2 aromatic carbocycles. The molecule has 0 spiro atoms. The van der Waals surface area contributed by atoms with Gasteiger partial charge in [0.05, 0.1) is 13.5 Å². The molecule has 2 rings (SSSR count). The zero-order valence-electron chi connectivity index (χ0n) is 17.7. The van der Waals surface area contributed by atoms with Crippen LogP contribution in [0.25, 0.3) is 0 Å². The van der Waals surface area contributed by atoms with E-state index in [1.165, 1.54) is 0 Å². The Morgan fingerprint density at radius 1 is 1.00 bits per heavy atom. The number of methoxy groups -OCH3 is 1. The normalized spacial score (nSPS) is 11.7. The molecule has 2 amide bonds. The fourth-order valence-corrected chi connectivity index (χ4v) is 2.61. The van der Waals surface area contributed by atoms with Crippen molar-refractivity contribution < 1.29 is 14.3 Å². The maximum absolute atomic E-state index is 12.2. The van der Waals surface area contributed by atoms with Gasteiger partial charge in [0.25, 0.3) is 5.91 Å². The number of rotatable bonds is 7. The zero-order chi connectivity index (χ0) is 21.4. The predicted molar refractivity (Wildman–Crippen MR) is 115 cm³/mol. The smallest absolute Gasteiger partial charge is 0.271 e. The highest BCUT2D eigenvalue weighted by atomic mass is 16.5. The van der Waals surface area contributed by atoms with Crippen molar-refractivity contribution in [2.45, 2.75) is 46.1 Å². The molecule has 0 aliphatic heterocycles. The minimum absolute atomic E-state index is 0.0307. The van der Waals surface area contributed by atoms with Gasteiger partial charge in [-0.1, -0.05) is 45.0 Å². The number of ether oxygens (including phenoxy) is 1. The molecule has 0 atom stereocenters. The van der Waals surface area contributed by atoms with Crippen molar-refractivity contribution in [1.29, 1.82) is 0 Å². The minimum atomic E-state index is -0.302. The molecule has 6 nitrogen and oxygen atoms in total. The number of hydrogen-bond donors (Lipinski definition) is 2. The molecule has 0 heterocycles. The van der Waals surface area contributed by atoms with Crippen LogP contribution in [0.2, 0.25) is 0 Å². The Balaban J connectivity index is 1.82. The molecule has 2 N–H and O–H groups in total. The zero-order valence-corrected chi connectivity index (χ0v) is 17.7. The van der Waals surface area contributed by atoms with Gasteiger partial charge in [-0.3, -0.25) is 9.59 Å². The van der Waals surface area contributed by atoms with Gasteiger partial charge < -0.3 is 10.1 Å². The molecule has 0 bridgehead atoms. The van der Waals surface area contributed by atoms with E-state index in [4.69, 9.17) is 4.74 Å². The van der Waals surface area contributed by atoms with Crippen LogP contribution in [-0.4, -0.2) is 24.6 Å². The van der Waals surface area contributed by atoms with E-state index in [0.29, 0.717) is 17.8 Å². The van der Waals surface area contributed by atoms with Crippen LogP contribution in [0.3, 0.4) is 0 Å². The molecule has 0 radical (unpaired) electrons. The van der Waals surface area contributed by atoms with Crippen molar-refractivity contribution in [3.8, 4) is 5.75 Å². The molecule has 0 fully saturated rings. The van der Waals surface area contributed by atoms with Crippen LogP contribution in [0.15, 0.2) is 53.6 Å². The van der Waals surface area contributed by atoms with Gasteiger partial charge in [0.15, 0.2) is 0 Å². The number of benzene rings is 2. The van der Waals surface area contributed by atoms with Gasteiger partial charge in [-0.25, -0.2) is 5.43 Å². The quantitative estimate of drug-likeness (QED) is 0.553. The Morgan fingerprint density at radius 3 is 2.17 bits per heavy atom. The monoisotopic (exact) mass is 395 g/mol. The first-order valence-corrected chi connectivity index (χ1v) is 9.52. The van der Waals surface area contributed by atoms with Crippen LogP contribution in [0.5, 0.6) is 5.75 Å². The molecular formula is C23H29N3O3. The number of hydrazone groups is 1. The third-order valence-corrected chi connectivity index (χ3v) is 4.43. The van der Waals surface area contributed by atoms with Crippen molar-refractivity contribution in [1.82, 2.24) is 10.7 Å². The highest BCUT2D eigenvalue weighted by molar-refractivity contribution is 6.01. The number of hydrogen-bond acceptors (Lipinski definition) is 4. The highest BCUT2D eigenvalue weighted by Crippen LogP contribution is 2.22. The summed E-state index contributed by atoms with van der Waals surface area (Å²) in [6.45, 7) is 8.48. The van der Waals surface area contributed by atoms with Gasteiger partial charge in [0, 0.05) is 17.8 Å². The van der Waals surface area contributed by atoms with Gasteiger partial charge in [0.2, 0.25) is 5.91 Å². The molecule has 0 saturated carbocycles. The van der Waals surface area contributed by atoms with Crippen molar-refractivity contribution in [3.05, 3.63) is 65.2 Å². The number of nitrogens with one attached hydrogen (secondary N) is 2. The van der Waals surface area contributed by atoms with Crippen LogP contribution in [0.1, 0.15) is 55.6 Å². The van der Waals surface area contributed by atoms with E-state index in [1.54, 1.807) is 26.2 Å². The average molecular weight is 396 g/mol. The van der Waals surface area contributed by atoms with Crippen molar-refractivity contribution in [2.24, 2.45) is 5.10 Å². The van der Waals surface area contributed by atoms with E-state index in [0.717, 1.165) is 16.9 Å². The molecular weight excluding hydrogens is 366 g/mol. The highest BCUT2D eigenvalue weighted by Gasteiger charge is 2.14. The third-order valence-electron chi connectivity index (χ3n) is 4.43. The summed E-state index contributed by atoms with van der Waals surface area (Å²) in [7, 11) is 1.61. The Morgan fingerprint density at radius 2 is 1.62 bits per heavy atom. The first-order valence-electron chi connectivity index (χ1n) is 9.52. The van der Waals surface area contributed by atoms with Crippen LogP contribution in [0.4, 0.5) is 0 Å². The van der Waals surface area contributed by atoms with Crippen molar-refractivity contribution >= 4 is 17.5 Å². The van der Waals surface area contributed by atoms with E-state index in [1.807, 2.05) is 36.4 Å². The third kappa shape index (κ3) is 7.07. The van der Waals surface area contributed by atoms with E-state index >= 15 is 0 Å². The first-order chi connectivity index (χ1) is 13.7. The molecule has 6 heteroatoms. The predicted octanol–water partition coefficient (Wildman–Crippen LogP) is 3.80. The number of amides is 2. The van der Waals surface area contributed by atoms with Crippen LogP contribution in [-0.2, 0) is 16.8 Å². The second-order valence-corrected chi connectivity index (χ2v) is 7.92. The summed E-state index contributed by atoms with van der Waals surface area (Å²) in [6, 6.07) is 14.9. The lowest BCUT2D eigenvalue weighted by Gasteiger charge is -2.18.